The summed E-state index contributed by atoms with van der Waals surface area (Å²) < 4.78 is 28.3. The third-order valence-electron chi connectivity index (χ3n) is 6.25. The lowest BCUT2D eigenvalue weighted by Crippen LogP contribution is -2.45. The van der Waals surface area contributed by atoms with E-state index >= 15 is 0 Å². The molecule has 1 N–H and O–H groups in total. The molecular formula is C29H36N2O3S. The van der Waals surface area contributed by atoms with Crippen LogP contribution in [0.4, 0.5) is 5.69 Å². The summed E-state index contributed by atoms with van der Waals surface area (Å²) in [5, 5.41) is 3.01. The number of hydrogen-bond acceptors (Lipinski definition) is 3. The number of carbonyl (C=O) groups is 1. The fourth-order valence-corrected chi connectivity index (χ4v) is 5.78. The molecule has 0 aromatic heterocycles. The Bertz CT molecular complexity index is 1210. The van der Waals surface area contributed by atoms with Crippen LogP contribution in [-0.4, -0.2) is 26.9 Å². The van der Waals surface area contributed by atoms with Gasteiger partial charge in [-0.3, -0.25) is 9.10 Å². The van der Waals surface area contributed by atoms with E-state index in [2.05, 4.69) is 45.1 Å². The highest BCUT2D eigenvalue weighted by molar-refractivity contribution is 7.92. The molecule has 35 heavy (non-hydrogen) atoms. The van der Waals surface area contributed by atoms with Crippen LogP contribution in [0.1, 0.15) is 58.1 Å². The average molecular weight is 493 g/mol. The topological polar surface area (TPSA) is 66.5 Å². The second-order valence-corrected chi connectivity index (χ2v) is 11.9. The minimum atomic E-state index is -3.92. The van der Waals surface area contributed by atoms with Crippen LogP contribution in [0.25, 0.3) is 0 Å². The molecule has 0 saturated heterocycles. The molecule has 0 heterocycles. The van der Waals surface area contributed by atoms with Crippen LogP contribution in [0.3, 0.4) is 0 Å². The van der Waals surface area contributed by atoms with Gasteiger partial charge in [0.05, 0.1) is 10.6 Å². The lowest BCUT2D eigenvalue weighted by Gasteiger charge is -2.30. The maximum absolute atomic E-state index is 13.5. The van der Waals surface area contributed by atoms with Crippen LogP contribution in [0.2, 0.25) is 0 Å². The van der Waals surface area contributed by atoms with Gasteiger partial charge in [0.25, 0.3) is 10.0 Å². The first-order valence-corrected chi connectivity index (χ1v) is 13.5. The SMILES string of the molecule is CC(CC(C)(C)c1ccccc1)NC(=O)CN(c1ccc(C(C)C)cc1)S(=O)(=O)c1ccccc1. The fraction of sp³-hybridized carbons (Fsp3) is 0.345. The van der Waals surface area contributed by atoms with Gasteiger partial charge < -0.3 is 5.32 Å². The van der Waals surface area contributed by atoms with Gasteiger partial charge in [0.2, 0.25) is 5.91 Å². The Morgan fingerprint density at radius 1 is 0.857 bits per heavy atom. The Morgan fingerprint density at radius 3 is 1.94 bits per heavy atom. The predicted octanol–water partition coefficient (Wildman–Crippen LogP) is 5.88. The van der Waals surface area contributed by atoms with Gasteiger partial charge in [0.1, 0.15) is 6.54 Å². The smallest absolute Gasteiger partial charge is 0.264 e. The van der Waals surface area contributed by atoms with Crippen molar-refractivity contribution in [1.29, 1.82) is 0 Å². The number of hydrogen-bond donors (Lipinski definition) is 1. The van der Waals surface area contributed by atoms with Crippen LogP contribution < -0.4 is 9.62 Å². The summed E-state index contributed by atoms with van der Waals surface area (Å²) >= 11 is 0. The first-order chi connectivity index (χ1) is 16.5. The number of nitrogens with one attached hydrogen (secondary N) is 1. The zero-order chi connectivity index (χ0) is 25.6. The van der Waals surface area contributed by atoms with Crippen molar-refractivity contribution >= 4 is 21.6 Å². The Kier molecular flexibility index (Phi) is 8.39. The quantitative estimate of drug-likeness (QED) is 0.384. The molecule has 3 rings (SSSR count). The predicted molar refractivity (Wildman–Crippen MR) is 143 cm³/mol. The van der Waals surface area contributed by atoms with E-state index < -0.39 is 10.0 Å². The summed E-state index contributed by atoms with van der Waals surface area (Å²) in [6.07, 6.45) is 0.720. The van der Waals surface area contributed by atoms with E-state index in [0.717, 1.165) is 12.0 Å². The van der Waals surface area contributed by atoms with Crippen molar-refractivity contribution in [3.05, 3.63) is 96.1 Å². The van der Waals surface area contributed by atoms with Crippen molar-refractivity contribution in [1.82, 2.24) is 5.32 Å². The van der Waals surface area contributed by atoms with Gasteiger partial charge >= 0.3 is 0 Å². The Hall–Kier alpha value is -3.12. The third-order valence-corrected chi connectivity index (χ3v) is 8.03. The Morgan fingerprint density at radius 2 is 1.40 bits per heavy atom. The minimum absolute atomic E-state index is 0.137. The lowest BCUT2D eigenvalue weighted by molar-refractivity contribution is -0.120. The fourth-order valence-electron chi connectivity index (χ4n) is 4.33. The molecular weight excluding hydrogens is 456 g/mol. The van der Waals surface area contributed by atoms with Crippen LogP contribution >= 0.6 is 0 Å². The van der Waals surface area contributed by atoms with Crippen LogP contribution in [-0.2, 0) is 20.2 Å². The second-order valence-electron chi connectivity index (χ2n) is 9.99. The molecule has 0 bridgehead atoms. The number of anilines is 1. The lowest BCUT2D eigenvalue weighted by atomic mass is 9.79. The van der Waals surface area contributed by atoms with Gasteiger partial charge in [-0.1, -0.05) is 88.4 Å². The Labute approximate surface area is 210 Å². The summed E-state index contributed by atoms with van der Waals surface area (Å²) in [6.45, 7) is 10.1. The third kappa shape index (κ3) is 6.73. The number of benzene rings is 3. The molecule has 0 radical (unpaired) electrons. The molecule has 0 aliphatic rings. The number of amides is 1. The van der Waals surface area contributed by atoms with Crippen LogP contribution in [0, 0.1) is 0 Å². The molecule has 0 spiro atoms. The zero-order valence-electron chi connectivity index (χ0n) is 21.2. The largest absolute Gasteiger partial charge is 0.352 e. The minimum Gasteiger partial charge on any atom is -0.352 e. The molecule has 3 aromatic carbocycles. The number of sulfonamides is 1. The molecule has 5 nitrogen and oxygen atoms in total. The van der Waals surface area contributed by atoms with Crippen LogP contribution in [0.15, 0.2) is 89.8 Å². The van der Waals surface area contributed by atoms with Crippen molar-refractivity contribution in [2.75, 3.05) is 10.8 Å². The van der Waals surface area contributed by atoms with Gasteiger partial charge in [-0.15, -0.1) is 0 Å². The van der Waals surface area contributed by atoms with E-state index in [1.165, 1.54) is 9.87 Å². The molecule has 0 fully saturated rings. The normalized spacial score (nSPS) is 12.9. The van der Waals surface area contributed by atoms with E-state index in [1.807, 2.05) is 37.3 Å². The molecule has 0 aliphatic carbocycles. The maximum atomic E-state index is 13.5. The van der Waals surface area contributed by atoms with Gasteiger partial charge in [0.15, 0.2) is 0 Å². The maximum Gasteiger partial charge on any atom is 0.264 e. The standard InChI is InChI=1S/C29H36N2O3S/c1-22(2)24-16-18-26(19-17-24)31(35(33,34)27-14-10-7-11-15-27)21-28(32)30-23(3)20-29(4,5)25-12-8-6-9-13-25/h6-19,22-23H,20-21H2,1-5H3,(H,30,32). The van der Waals surface area contributed by atoms with Crippen molar-refractivity contribution < 1.29 is 13.2 Å². The average Bonchev–Trinajstić information content (AvgIpc) is 2.83. The summed E-state index contributed by atoms with van der Waals surface area (Å²) in [7, 11) is -3.92. The monoisotopic (exact) mass is 492 g/mol. The molecule has 1 atom stereocenters. The van der Waals surface area contributed by atoms with E-state index in [-0.39, 0.29) is 28.8 Å². The van der Waals surface area contributed by atoms with E-state index in [0.29, 0.717) is 11.6 Å². The van der Waals surface area contributed by atoms with E-state index in [4.69, 9.17) is 0 Å². The molecule has 1 amide bonds. The first-order valence-electron chi connectivity index (χ1n) is 12.0. The molecule has 1 unspecified atom stereocenters. The van der Waals surface area contributed by atoms with Gasteiger partial charge in [-0.05, 0) is 60.1 Å². The van der Waals surface area contributed by atoms with Crippen molar-refractivity contribution in [2.45, 2.75) is 63.3 Å². The summed E-state index contributed by atoms with van der Waals surface area (Å²) in [5.41, 5.74) is 2.62. The summed E-state index contributed by atoms with van der Waals surface area (Å²) in [5.74, 6) is -0.0193. The molecule has 6 heteroatoms. The summed E-state index contributed by atoms with van der Waals surface area (Å²) in [6, 6.07) is 25.6. The molecule has 0 aliphatic heterocycles. The van der Waals surface area contributed by atoms with Crippen molar-refractivity contribution in [3.8, 4) is 0 Å². The van der Waals surface area contributed by atoms with E-state index in [1.54, 1.807) is 42.5 Å². The summed E-state index contributed by atoms with van der Waals surface area (Å²) in [4.78, 5) is 13.2. The highest BCUT2D eigenvalue weighted by atomic mass is 32.2. The number of carbonyl (C=O) groups excluding carboxylic acids is 1. The molecule has 186 valence electrons. The van der Waals surface area contributed by atoms with Gasteiger partial charge in [-0.2, -0.15) is 0 Å². The zero-order valence-corrected chi connectivity index (χ0v) is 22.0. The van der Waals surface area contributed by atoms with E-state index in [9.17, 15) is 13.2 Å². The van der Waals surface area contributed by atoms with Gasteiger partial charge in [0, 0.05) is 6.04 Å². The number of nitrogens with zero attached hydrogens (tertiary/aromatic N) is 1. The van der Waals surface area contributed by atoms with Crippen molar-refractivity contribution in [3.63, 3.8) is 0 Å². The molecule has 3 aromatic rings. The second kappa shape index (κ2) is 11.1. The first kappa shape index (κ1) is 26.5. The van der Waals surface area contributed by atoms with Crippen molar-refractivity contribution in [2.24, 2.45) is 0 Å². The highest BCUT2D eigenvalue weighted by Gasteiger charge is 2.29. The number of rotatable bonds is 10. The van der Waals surface area contributed by atoms with Crippen LogP contribution in [0.5, 0.6) is 0 Å². The van der Waals surface area contributed by atoms with Gasteiger partial charge in [-0.25, -0.2) is 8.42 Å². The highest BCUT2D eigenvalue weighted by Crippen LogP contribution is 2.29. The molecule has 0 saturated carbocycles. The Balaban J connectivity index is 1.81.